The van der Waals surface area contributed by atoms with E-state index in [0.717, 1.165) is 22.6 Å². The van der Waals surface area contributed by atoms with Gasteiger partial charge in [0.2, 0.25) is 12.7 Å². The summed E-state index contributed by atoms with van der Waals surface area (Å²) < 4.78 is 11.0. The van der Waals surface area contributed by atoms with Crippen LogP contribution in [0, 0.1) is 6.92 Å². The van der Waals surface area contributed by atoms with E-state index < -0.39 is 0 Å². The van der Waals surface area contributed by atoms with E-state index >= 15 is 0 Å². The highest BCUT2D eigenvalue weighted by molar-refractivity contribution is 7.10. The molecule has 4 nitrogen and oxygen atoms in total. The minimum absolute atomic E-state index is 0.0323. The third-order valence-electron chi connectivity index (χ3n) is 5.15. The molecule has 4 rings (SSSR count). The van der Waals surface area contributed by atoms with Gasteiger partial charge in [0, 0.05) is 24.3 Å². The molecule has 0 bridgehead atoms. The van der Waals surface area contributed by atoms with Gasteiger partial charge in [-0.25, -0.2) is 0 Å². The zero-order valence-corrected chi connectivity index (χ0v) is 16.9. The Morgan fingerprint density at radius 2 is 1.86 bits per heavy atom. The summed E-state index contributed by atoms with van der Waals surface area (Å²) in [5, 5.41) is 2.07. The molecule has 144 valence electrons. The second-order valence-corrected chi connectivity index (χ2v) is 8.06. The number of fused-ring (bicyclic) bond motifs is 1. The average Bonchev–Trinajstić information content (AvgIpc) is 3.35. The molecular formula is C23H23NO3S. The fourth-order valence-electron chi connectivity index (χ4n) is 3.44. The topological polar surface area (TPSA) is 38.8 Å². The Kier molecular flexibility index (Phi) is 5.35. The summed E-state index contributed by atoms with van der Waals surface area (Å²) in [6.45, 7) is 2.98. The summed E-state index contributed by atoms with van der Waals surface area (Å²) in [6.07, 6.45) is 0.407. The fourth-order valence-corrected chi connectivity index (χ4v) is 4.40. The number of carbonyl (C=O) groups excluding carboxylic acids is 1. The highest BCUT2D eigenvalue weighted by atomic mass is 32.1. The summed E-state index contributed by atoms with van der Waals surface area (Å²) in [7, 11) is 1.88. The molecule has 28 heavy (non-hydrogen) atoms. The van der Waals surface area contributed by atoms with E-state index in [0.29, 0.717) is 13.0 Å². The van der Waals surface area contributed by atoms with Crippen molar-refractivity contribution in [1.29, 1.82) is 0 Å². The molecule has 0 fully saturated rings. The van der Waals surface area contributed by atoms with Gasteiger partial charge >= 0.3 is 0 Å². The van der Waals surface area contributed by atoms with Gasteiger partial charge in [0.05, 0.1) is 6.54 Å². The third-order valence-corrected chi connectivity index (χ3v) is 6.16. The Bertz CT molecular complexity index is 967. The molecule has 0 saturated heterocycles. The number of benzene rings is 2. The summed E-state index contributed by atoms with van der Waals surface area (Å²) in [6, 6.07) is 18.2. The van der Waals surface area contributed by atoms with Crippen LogP contribution in [0.3, 0.4) is 0 Å². The number of aryl methyl sites for hydroxylation is 1. The number of carbonyl (C=O) groups is 1. The maximum atomic E-state index is 13.0. The van der Waals surface area contributed by atoms with E-state index in [9.17, 15) is 4.79 Å². The first-order valence-corrected chi connectivity index (χ1v) is 10.2. The zero-order chi connectivity index (χ0) is 19.5. The molecule has 0 spiro atoms. The van der Waals surface area contributed by atoms with Crippen molar-refractivity contribution in [1.82, 2.24) is 4.90 Å². The van der Waals surface area contributed by atoms with Crippen LogP contribution >= 0.6 is 11.3 Å². The summed E-state index contributed by atoms with van der Waals surface area (Å²) >= 11 is 1.70. The average molecular weight is 394 g/mol. The predicted molar refractivity (Wildman–Crippen MR) is 111 cm³/mol. The summed E-state index contributed by atoms with van der Waals surface area (Å²) in [5.74, 6) is 1.59. The first kappa shape index (κ1) is 18.6. The van der Waals surface area contributed by atoms with Gasteiger partial charge in [-0.1, -0.05) is 36.4 Å². The number of thiophene rings is 1. The lowest BCUT2D eigenvalue weighted by Gasteiger charge is -2.22. The molecule has 1 atom stereocenters. The van der Waals surface area contributed by atoms with Crippen molar-refractivity contribution < 1.29 is 14.3 Å². The Morgan fingerprint density at radius 3 is 2.61 bits per heavy atom. The number of rotatable bonds is 6. The number of hydrogen-bond donors (Lipinski definition) is 0. The van der Waals surface area contributed by atoms with E-state index in [1.54, 1.807) is 11.3 Å². The van der Waals surface area contributed by atoms with Crippen LogP contribution in [0.25, 0.3) is 0 Å². The van der Waals surface area contributed by atoms with Gasteiger partial charge in [-0.3, -0.25) is 4.79 Å². The standard InChI is InChI=1S/C23H23NO3S/c1-16-10-11-28-22(16)14-24(2)23(25)13-19(17-6-4-3-5-7-17)18-8-9-20-21(12-18)27-15-26-20/h3-12,19H,13-15H2,1-2H3. The first-order chi connectivity index (χ1) is 13.6. The van der Waals surface area contributed by atoms with Gasteiger partial charge in [-0.2, -0.15) is 0 Å². The summed E-state index contributed by atoms with van der Waals surface area (Å²) in [5.41, 5.74) is 3.42. The van der Waals surface area contributed by atoms with Gasteiger partial charge in [0.25, 0.3) is 0 Å². The van der Waals surface area contributed by atoms with Crippen molar-refractivity contribution in [3.05, 3.63) is 81.5 Å². The highest BCUT2D eigenvalue weighted by Gasteiger charge is 2.23. The number of amides is 1. The van der Waals surface area contributed by atoms with Gasteiger partial charge < -0.3 is 14.4 Å². The third kappa shape index (κ3) is 3.90. The number of ether oxygens (including phenoxy) is 2. The molecule has 0 aliphatic carbocycles. The van der Waals surface area contributed by atoms with Crippen LogP contribution in [0.4, 0.5) is 0 Å². The van der Waals surface area contributed by atoms with Crippen molar-refractivity contribution in [3.63, 3.8) is 0 Å². The number of hydrogen-bond acceptors (Lipinski definition) is 4. The normalized spacial score (nSPS) is 13.4. The molecule has 1 amide bonds. The maximum Gasteiger partial charge on any atom is 0.231 e. The molecule has 3 aromatic rings. The van der Waals surface area contributed by atoms with Crippen molar-refractivity contribution >= 4 is 17.2 Å². The minimum atomic E-state index is -0.0323. The second kappa shape index (κ2) is 8.07. The zero-order valence-electron chi connectivity index (χ0n) is 16.1. The van der Waals surface area contributed by atoms with Crippen molar-refractivity contribution in [2.24, 2.45) is 0 Å². The van der Waals surface area contributed by atoms with Crippen LogP contribution in [-0.4, -0.2) is 24.6 Å². The molecule has 1 aromatic heterocycles. The van der Waals surface area contributed by atoms with Crippen molar-refractivity contribution in [2.45, 2.75) is 25.8 Å². The minimum Gasteiger partial charge on any atom is -0.454 e. The van der Waals surface area contributed by atoms with E-state index in [2.05, 4.69) is 30.5 Å². The second-order valence-electron chi connectivity index (χ2n) is 7.06. The Morgan fingerprint density at radius 1 is 1.07 bits per heavy atom. The first-order valence-electron chi connectivity index (χ1n) is 9.33. The summed E-state index contributed by atoms with van der Waals surface area (Å²) in [4.78, 5) is 16.1. The lowest BCUT2D eigenvalue weighted by atomic mass is 9.88. The quantitative estimate of drug-likeness (QED) is 0.594. The van der Waals surface area contributed by atoms with Gasteiger partial charge in [0.15, 0.2) is 11.5 Å². The molecule has 5 heteroatoms. The van der Waals surface area contributed by atoms with Crippen LogP contribution in [0.1, 0.15) is 33.9 Å². The largest absolute Gasteiger partial charge is 0.454 e. The lowest BCUT2D eigenvalue weighted by Crippen LogP contribution is -2.27. The van der Waals surface area contributed by atoms with Gasteiger partial charge in [-0.05, 0) is 47.2 Å². The molecule has 0 N–H and O–H groups in total. The fraction of sp³-hybridized carbons (Fsp3) is 0.261. The van der Waals surface area contributed by atoms with Gasteiger partial charge in [-0.15, -0.1) is 11.3 Å². The molecule has 1 aliphatic heterocycles. The molecule has 1 aliphatic rings. The molecule has 0 radical (unpaired) electrons. The van der Waals surface area contributed by atoms with E-state index in [-0.39, 0.29) is 18.6 Å². The SMILES string of the molecule is Cc1ccsc1CN(C)C(=O)CC(c1ccccc1)c1ccc2c(c1)OCO2. The monoisotopic (exact) mass is 393 g/mol. The van der Waals surface area contributed by atoms with Gasteiger partial charge in [0.1, 0.15) is 0 Å². The van der Waals surface area contributed by atoms with Crippen LogP contribution in [0.5, 0.6) is 11.5 Å². The van der Waals surface area contributed by atoms with E-state index in [4.69, 9.17) is 9.47 Å². The highest BCUT2D eigenvalue weighted by Crippen LogP contribution is 2.37. The van der Waals surface area contributed by atoms with Crippen LogP contribution in [-0.2, 0) is 11.3 Å². The van der Waals surface area contributed by atoms with Crippen LogP contribution in [0.15, 0.2) is 60.0 Å². The molecule has 2 aromatic carbocycles. The van der Waals surface area contributed by atoms with Crippen LogP contribution in [0.2, 0.25) is 0 Å². The van der Waals surface area contributed by atoms with E-state index in [1.807, 2.05) is 48.3 Å². The Labute approximate surface area is 169 Å². The lowest BCUT2D eigenvalue weighted by molar-refractivity contribution is -0.130. The predicted octanol–water partition coefficient (Wildman–Crippen LogP) is 4.97. The Hall–Kier alpha value is -2.79. The molecule has 2 heterocycles. The smallest absolute Gasteiger partial charge is 0.231 e. The Balaban J connectivity index is 1.57. The molecule has 0 saturated carbocycles. The van der Waals surface area contributed by atoms with Crippen molar-refractivity contribution in [3.8, 4) is 11.5 Å². The van der Waals surface area contributed by atoms with E-state index in [1.165, 1.54) is 10.4 Å². The van der Waals surface area contributed by atoms with Crippen LogP contribution < -0.4 is 9.47 Å². The van der Waals surface area contributed by atoms with Crippen molar-refractivity contribution in [2.75, 3.05) is 13.8 Å². The maximum absolute atomic E-state index is 13.0. The number of nitrogens with zero attached hydrogens (tertiary/aromatic N) is 1. The molecule has 1 unspecified atom stereocenters. The molecular weight excluding hydrogens is 370 g/mol.